The van der Waals surface area contributed by atoms with Crippen LogP contribution in [-0.4, -0.2) is 56.9 Å². The number of aryl methyl sites for hydroxylation is 1. The first-order chi connectivity index (χ1) is 13.6. The molecule has 9 heteroatoms. The summed E-state index contributed by atoms with van der Waals surface area (Å²) in [6, 6.07) is 7.00. The highest BCUT2D eigenvalue weighted by Gasteiger charge is 2.26. The summed E-state index contributed by atoms with van der Waals surface area (Å²) >= 11 is 0. The standard InChI is InChI=1S/C19H21N7O2/c1-25-11-13(10-21-25)15-6-8-20-19(24-15)26-9-7-14(12-26)22-18(27)16-4-3-5-17(23-16)28-2/h3-6,8,10-11,14H,7,9,12H2,1-2H3,(H,22,27). The second-order valence-corrected chi connectivity index (χ2v) is 6.61. The summed E-state index contributed by atoms with van der Waals surface area (Å²) < 4.78 is 6.82. The van der Waals surface area contributed by atoms with Gasteiger partial charge in [0.25, 0.3) is 5.91 Å². The lowest BCUT2D eigenvalue weighted by atomic mass is 10.2. The SMILES string of the molecule is COc1cccc(C(=O)NC2CCN(c3nccc(-c4cnn(C)c4)n3)C2)n1. The maximum atomic E-state index is 12.5. The molecule has 0 saturated carbocycles. The third-order valence-electron chi connectivity index (χ3n) is 4.62. The molecule has 28 heavy (non-hydrogen) atoms. The molecule has 0 spiro atoms. The van der Waals surface area contributed by atoms with Crippen molar-refractivity contribution in [2.24, 2.45) is 7.05 Å². The molecule has 0 aromatic carbocycles. The van der Waals surface area contributed by atoms with E-state index in [9.17, 15) is 4.79 Å². The molecule has 3 aromatic heterocycles. The van der Waals surface area contributed by atoms with E-state index in [1.54, 1.807) is 35.3 Å². The summed E-state index contributed by atoms with van der Waals surface area (Å²) in [4.78, 5) is 27.8. The summed E-state index contributed by atoms with van der Waals surface area (Å²) in [5.41, 5.74) is 2.11. The molecule has 1 unspecified atom stereocenters. The highest BCUT2D eigenvalue weighted by molar-refractivity contribution is 5.92. The first-order valence-corrected chi connectivity index (χ1v) is 9.01. The third kappa shape index (κ3) is 3.78. The van der Waals surface area contributed by atoms with E-state index in [0.29, 0.717) is 24.1 Å². The van der Waals surface area contributed by atoms with Gasteiger partial charge >= 0.3 is 0 Å². The van der Waals surface area contributed by atoms with Crippen molar-refractivity contribution in [3.8, 4) is 17.1 Å². The van der Waals surface area contributed by atoms with Crippen molar-refractivity contribution in [3.05, 3.63) is 48.5 Å². The molecule has 1 saturated heterocycles. The Balaban J connectivity index is 1.42. The van der Waals surface area contributed by atoms with Crippen molar-refractivity contribution >= 4 is 11.9 Å². The van der Waals surface area contributed by atoms with Gasteiger partial charge in [0.15, 0.2) is 0 Å². The van der Waals surface area contributed by atoms with E-state index >= 15 is 0 Å². The van der Waals surface area contributed by atoms with Crippen molar-refractivity contribution in [2.45, 2.75) is 12.5 Å². The lowest BCUT2D eigenvalue weighted by Crippen LogP contribution is -2.37. The number of hydrogen-bond donors (Lipinski definition) is 1. The predicted octanol–water partition coefficient (Wildman–Crippen LogP) is 1.29. The monoisotopic (exact) mass is 379 g/mol. The second-order valence-electron chi connectivity index (χ2n) is 6.61. The first-order valence-electron chi connectivity index (χ1n) is 9.01. The quantitative estimate of drug-likeness (QED) is 0.713. The minimum atomic E-state index is -0.212. The summed E-state index contributed by atoms with van der Waals surface area (Å²) in [6.45, 7) is 1.42. The minimum Gasteiger partial charge on any atom is -0.481 e. The van der Waals surface area contributed by atoms with E-state index < -0.39 is 0 Å². The van der Waals surface area contributed by atoms with Gasteiger partial charge in [0.2, 0.25) is 11.8 Å². The Hall–Kier alpha value is -3.49. The van der Waals surface area contributed by atoms with Crippen LogP contribution in [0.3, 0.4) is 0 Å². The van der Waals surface area contributed by atoms with Crippen LogP contribution in [0.1, 0.15) is 16.9 Å². The lowest BCUT2D eigenvalue weighted by molar-refractivity contribution is 0.0934. The number of rotatable bonds is 5. The summed E-state index contributed by atoms with van der Waals surface area (Å²) in [5, 5.41) is 7.21. The number of amides is 1. The number of carbonyl (C=O) groups excluding carboxylic acids is 1. The van der Waals surface area contributed by atoms with Gasteiger partial charge in [0.1, 0.15) is 5.69 Å². The highest BCUT2D eigenvalue weighted by atomic mass is 16.5. The summed E-state index contributed by atoms with van der Waals surface area (Å²) in [5.74, 6) is 0.856. The van der Waals surface area contributed by atoms with Crippen molar-refractivity contribution in [2.75, 3.05) is 25.1 Å². The van der Waals surface area contributed by atoms with Crippen LogP contribution in [0.2, 0.25) is 0 Å². The number of pyridine rings is 1. The largest absolute Gasteiger partial charge is 0.481 e. The van der Waals surface area contributed by atoms with Crippen LogP contribution in [0.4, 0.5) is 5.95 Å². The topological polar surface area (TPSA) is 98.1 Å². The van der Waals surface area contributed by atoms with Gasteiger partial charge in [-0.25, -0.2) is 15.0 Å². The molecule has 1 amide bonds. The van der Waals surface area contributed by atoms with E-state index in [1.165, 1.54) is 7.11 Å². The molecule has 0 aliphatic carbocycles. The van der Waals surface area contributed by atoms with Gasteiger partial charge in [-0.2, -0.15) is 5.10 Å². The number of methoxy groups -OCH3 is 1. The molecule has 0 bridgehead atoms. The average molecular weight is 379 g/mol. The Morgan fingerprint density at radius 3 is 2.96 bits per heavy atom. The Morgan fingerprint density at radius 1 is 1.29 bits per heavy atom. The minimum absolute atomic E-state index is 0.00569. The third-order valence-corrected chi connectivity index (χ3v) is 4.62. The fourth-order valence-corrected chi connectivity index (χ4v) is 3.19. The van der Waals surface area contributed by atoms with Crippen LogP contribution in [0.5, 0.6) is 5.88 Å². The maximum Gasteiger partial charge on any atom is 0.270 e. The fraction of sp³-hybridized carbons (Fsp3) is 0.316. The molecule has 1 atom stereocenters. The predicted molar refractivity (Wildman–Crippen MR) is 103 cm³/mol. The van der Waals surface area contributed by atoms with Gasteiger partial charge in [-0.1, -0.05) is 6.07 Å². The molecule has 1 aliphatic heterocycles. The Kier molecular flexibility index (Phi) is 4.88. The van der Waals surface area contributed by atoms with Gasteiger partial charge in [0, 0.05) is 50.2 Å². The van der Waals surface area contributed by atoms with E-state index in [-0.39, 0.29) is 11.9 Å². The van der Waals surface area contributed by atoms with E-state index in [0.717, 1.165) is 24.2 Å². The Labute approximate surface area is 162 Å². The molecule has 1 fully saturated rings. The fourth-order valence-electron chi connectivity index (χ4n) is 3.19. The smallest absolute Gasteiger partial charge is 0.270 e. The number of nitrogens with one attached hydrogen (secondary N) is 1. The van der Waals surface area contributed by atoms with Crippen molar-refractivity contribution in [1.82, 2.24) is 30.0 Å². The van der Waals surface area contributed by atoms with E-state index in [1.807, 2.05) is 19.3 Å². The van der Waals surface area contributed by atoms with Gasteiger partial charge in [-0.15, -0.1) is 0 Å². The van der Waals surface area contributed by atoms with Crippen molar-refractivity contribution < 1.29 is 9.53 Å². The number of aromatic nitrogens is 5. The van der Waals surface area contributed by atoms with Crippen molar-refractivity contribution in [3.63, 3.8) is 0 Å². The van der Waals surface area contributed by atoms with Gasteiger partial charge in [0.05, 0.1) is 19.0 Å². The summed E-state index contributed by atoms with van der Waals surface area (Å²) in [7, 11) is 3.40. The van der Waals surface area contributed by atoms with Gasteiger partial charge in [-0.3, -0.25) is 9.48 Å². The lowest BCUT2D eigenvalue weighted by Gasteiger charge is -2.17. The van der Waals surface area contributed by atoms with Crippen LogP contribution in [0, 0.1) is 0 Å². The molecular weight excluding hydrogens is 358 g/mol. The van der Waals surface area contributed by atoms with Crippen LogP contribution in [-0.2, 0) is 7.05 Å². The molecule has 144 valence electrons. The first kappa shape index (κ1) is 17.9. The van der Waals surface area contributed by atoms with E-state index in [2.05, 4.69) is 30.3 Å². The normalized spacial score (nSPS) is 16.2. The molecule has 3 aromatic rings. The zero-order valence-electron chi connectivity index (χ0n) is 15.7. The number of carbonyl (C=O) groups is 1. The van der Waals surface area contributed by atoms with Gasteiger partial charge in [-0.05, 0) is 18.6 Å². The highest BCUT2D eigenvalue weighted by Crippen LogP contribution is 2.21. The number of anilines is 1. The van der Waals surface area contributed by atoms with Crippen LogP contribution in [0.15, 0.2) is 42.9 Å². The van der Waals surface area contributed by atoms with Crippen molar-refractivity contribution in [1.29, 1.82) is 0 Å². The molecule has 1 N–H and O–H groups in total. The van der Waals surface area contributed by atoms with Crippen LogP contribution in [0.25, 0.3) is 11.3 Å². The zero-order valence-corrected chi connectivity index (χ0v) is 15.7. The van der Waals surface area contributed by atoms with Crippen LogP contribution >= 0.6 is 0 Å². The molecule has 1 aliphatic rings. The number of hydrogen-bond acceptors (Lipinski definition) is 7. The summed E-state index contributed by atoms with van der Waals surface area (Å²) in [6.07, 6.45) is 6.26. The molecule has 0 radical (unpaired) electrons. The maximum absolute atomic E-state index is 12.5. The number of nitrogens with zero attached hydrogens (tertiary/aromatic N) is 6. The second kappa shape index (κ2) is 7.63. The molecule has 9 nitrogen and oxygen atoms in total. The Bertz CT molecular complexity index is 988. The van der Waals surface area contributed by atoms with Crippen LogP contribution < -0.4 is 15.0 Å². The average Bonchev–Trinajstić information content (AvgIpc) is 3.37. The molecular formula is C19H21N7O2. The Morgan fingerprint density at radius 2 is 2.18 bits per heavy atom. The number of ether oxygens (including phenoxy) is 1. The zero-order chi connectivity index (χ0) is 19.5. The molecule has 4 heterocycles. The van der Waals surface area contributed by atoms with E-state index in [4.69, 9.17) is 4.74 Å². The molecule has 4 rings (SSSR count). The van der Waals surface area contributed by atoms with Gasteiger partial charge < -0.3 is 15.0 Å².